The summed E-state index contributed by atoms with van der Waals surface area (Å²) in [7, 11) is 0. The van der Waals surface area contributed by atoms with Crippen LogP contribution >= 0.6 is 15.9 Å². The summed E-state index contributed by atoms with van der Waals surface area (Å²) < 4.78 is 0. The van der Waals surface area contributed by atoms with Gasteiger partial charge >= 0.3 is 0 Å². The van der Waals surface area contributed by atoms with Gasteiger partial charge in [0.2, 0.25) is 0 Å². The third-order valence-corrected chi connectivity index (χ3v) is 2.38. The molecule has 1 atom stereocenters. The number of aldehydes is 1. The zero-order chi connectivity index (χ0) is 10.7. The van der Waals surface area contributed by atoms with Crippen LogP contribution < -0.4 is 0 Å². The summed E-state index contributed by atoms with van der Waals surface area (Å²) >= 11 is 3.20. The molecule has 0 radical (unpaired) electrons. The van der Waals surface area contributed by atoms with Gasteiger partial charge in [0, 0.05) is 11.1 Å². The second-order valence-corrected chi connectivity index (χ2v) is 4.56. The van der Waals surface area contributed by atoms with E-state index < -0.39 is 0 Å². The molecule has 0 saturated carbocycles. The van der Waals surface area contributed by atoms with Gasteiger partial charge in [-0.1, -0.05) is 33.6 Å². The van der Waals surface area contributed by atoms with Gasteiger partial charge in [-0.05, 0) is 19.9 Å². The van der Waals surface area contributed by atoms with E-state index in [1.54, 1.807) is 19.1 Å². The van der Waals surface area contributed by atoms with Crippen LogP contribution in [0.4, 0.5) is 0 Å². The molecule has 74 valence electrons. The van der Waals surface area contributed by atoms with Gasteiger partial charge in [0.15, 0.2) is 12.1 Å². The number of hydrogen-bond donors (Lipinski definition) is 0. The molecule has 0 aliphatic carbocycles. The minimum absolute atomic E-state index is 0.0594. The first kappa shape index (κ1) is 11.1. The van der Waals surface area contributed by atoms with Crippen LogP contribution in [-0.4, -0.2) is 16.9 Å². The maximum Gasteiger partial charge on any atom is 0.176 e. The highest BCUT2D eigenvalue weighted by atomic mass is 79.9. The van der Waals surface area contributed by atoms with E-state index in [2.05, 4.69) is 15.9 Å². The molecule has 0 bridgehead atoms. The largest absolute Gasteiger partial charge is 0.298 e. The quantitative estimate of drug-likeness (QED) is 0.472. The van der Waals surface area contributed by atoms with Gasteiger partial charge in [-0.15, -0.1) is 0 Å². The molecule has 0 heterocycles. The van der Waals surface area contributed by atoms with Crippen molar-refractivity contribution in [3.8, 4) is 0 Å². The Balaban J connectivity index is 3.23. The molecule has 0 saturated heterocycles. The molecule has 0 N–H and O–H groups in total. The summed E-state index contributed by atoms with van der Waals surface area (Å²) in [6, 6.07) is 5.23. The first-order chi connectivity index (χ1) is 6.56. The molecule has 0 amide bonds. The summed E-state index contributed by atoms with van der Waals surface area (Å²) in [5, 5.41) is 0. The average Bonchev–Trinajstić information content (AvgIpc) is 2.16. The van der Waals surface area contributed by atoms with Crippen LogP contribution in [0, 0.1) is 6.92 Å². The van der Waals surface area contributed by atoms with Gasteiger partial charge in [0.1, 0.15) is 0 Å². The Kier molecular flexibility index (Phi) is 3.58. The van der Waals surface area contributed by atoms with Crippen molar-refractivity contribution in [1.82, 2.24) is 0 Å². The van der Waals surface area contributed by atoms with Crippen LogP contribution in [0.3, 0.4) is 0 Å². The Morgan fingerprint density at radius 3 is 2.64 bits per heavy atom. The van der Waals surface area contributed by atoms with Gasteiger partial charge in [-0.3, -0.25) is 9.59 Å². The minimum atomic E-state index is -0.261. The number of ketones is 1. The number of aryl methyl sites for hydroxylation is 1. The predicted octanol–water partition coefficient (Wildman–Crippen LogP) is 2.77. The second kappa shape index (κ2) is 4.51. The standard InChI is InChI=1S/C11H11BrO2/c1-7-3-4-9(6-13)10(5-7)11(14)8(2)12/h3-6,8H,1-2H3. The molecule has 1 rings (SSSR count). The highest BCUT2D eigenvalue weighted by Gasteiger charge is 2.15. The molecule has 3 heteroatoms. The molecule has 14 heavy (non-hydrogen) atoms. The van der Waals surface area contributed by atoms with Crippen molar-refractivity contribution < 1.29 is 9.59 Å². The maximum absolute atomic E-state index is 11.7. The average molecular weight is 255 g/mol. The lowest BCUT2D eigenvalue weighted by molar-refractivity contribution is 0.0989. The molecule has 1 unspecified atom stereocenters. The molecule has 0 aromatic heterocycles. The molecular weight excluding hydrogens is 244 g/mol. The Bertz CT molecular complexity index is 370. The smallest absolute Gasteiger partial charge is 0.176 e. The van der Waals surface area contributed by atoms with Crippen LogP contribution in [0.1, 0.15) is 33.2 Å². The van der Waals surface area contributed by atoms with E-state index in [1.807, 2.05) is 13.0 Å². The van der Waals surface area contributed by atoms with Gasteiger partial charge in [-0.25, -0.2) is 0 Å². The Hall–Kier alpha value is -0.960. The van der Waals surface area contributed by atoms with Gasteiger partial charge in [-0.2, -0.15) is 0 Å². The zero-order valence-corrected chi connectivity index (χ0v) is 9.67. The van der Waals surface area contributed by atoms with E-state index in [0.717, 1.165) is 5.56 Å². The predicted molar refractivity (Wildman–Crippen MR) is 59.3 cm³/mol. The molecule has 0 aliphatic heterocycles. The van der Waals surface area contributed by atoms with Crippen LogP contribution in [-0.2, 0) is 0 Å². The van der Waals surface area contributed by atoms with Gasteiger partial charge in [0.25, 0.3) is 0 Å². The molecule has 0 fully saturated rings. The normalized spacial score (nSPS) is 12.2. The summed E-state index contributed by atoms with van der Waals surface area (Å²) in [6.07, 6.45) is 0.710. The number of carbonyl (C=O) groups excluding carboxylic acids is 2. The molecule has 1 aromatic rings. The lowest BCUT2D eigenvalue weighted by Gasteiger charge is -2.06. The van der Waals surface area contributed by atoms with Crippen molar-refractivity contribution >= 4 is 28.0 Å². The number of benzene rings is 1. The number of Topliss-reactive ketones (excluding diaryl/α,β-unsaturated/α-hetero) is 1. The van der Waals surface area contributed by atoms with E-state index in [4.69, 9.17) is 0 Å². The zero-order valence-electron chi connectivity index (χ0n) is 8.08. The molecule has 2 nitrogen and oxygen atoms in total. The van der Waals surface area contributed by atoms with E-state index in [1.165, 1.54) is 0 Å². The monoisotopic (exact) mass is 254 g/mol. The second-order valence-electron chi connectivity index (χ2n) is 3.19. The number of carbonyl (C=O) groups is 2. The van der Waals surface area contributed by atoms with Crippen molar-refractivity contribution in [2.75, 3.05) is 0 Å². The maximum atomic E-state index is 11.7. The van der Waals surface area contributed by atoms with E-state index in [9.17, 15) is 9.59 Å². The minimum Gasteiger partial charge on any atom is -0.298 e. The Morgan fingerprint density at radius 1 is 1.50 bits per heavy atom. The third-order valence-electron chi connectivity index (χ3n) is 1.96. The van der Waals surface area contributed by atoms with Crippen LogP contribution in [0.2, 0.25) is 0 Å². The van der Waals surface area contributed by atoms with Crippen molar-refractivity contribution in [2.45, 2.75) is 18.7 Å². The SMILES string of the molecule is Cc1ccc(C=O)c(C(=O)C(C)Br)c1. The molecular formula is C11H11BrO2. The lowest BCUT2D eigenvalue weighted by Crippen LogP contribution is -2.12. The number of rotatable bonds is 3. The van der Waals surface area contributed by atoms with Crippen molar-refractivity contribution in [3.63, 3.8) is 0 Å². The number of hydrogen-bond acceptors (Lipinski definition) is 2. The first-order valence-corrected chi connectivity index (χ1v) is 5.22. The van der Waals surface area contributed by atoms with E-state index in [-0.39, 0.29) is 10.6 Å². The fraction of sp³-hybridized carbons (Fsp3) is 0.273. The van der Waals surface area contributed by atoms with E-state index >= 15 is 0 Å². The van der Waals surface area contributed by atoms with Gasteiger partial charge < -0.3 is 0 Å². The molecule has 0 spiro atoms. The summed E-state index contributed by atoms with van der Waals surface area (Å²) in [6.45, 7) is 3.64. The number of alkyl halides is 1. The van der Waals surface area contributed by atoms with E-state index in [0.29, 0.717) is 17.4 Å². The summed E-state index contributed by atoms with van der Waals surface area (Å²) in [5.74, 6) is -0.0594. The van der Waals surface area contributed by atoms with Gasteiger partial charge in [0.05, 0.1) is 4.83 Å². The fourth-order valence-corrected chi connectivity index (χ4v) is 1.45. The van der Waals surface area contributed by atoms with Crippen molar-refractivity contribution in [2.24, 2.45) is 0 Å². The molecule has 1 aromatic carbocycles. The number of halogens is 1. The van der Waals surface area contributed by atoms with Crippen LogP contribution in [0.25, 0.3) is 0 Å². The highest BCUT2D eigenvalue weighted by molar-refractivity contribution is 9.10. The first-order valence-electron chi connectivity index (χ1n) is 4.30. The Morgan fingerprint density at radius 2 is 2.14 bits per heavy atom. The highest BCUT2D eigenvalue weighted by Crippen LogP contribution is 2.15. The molecule has 0 aliphatic rings. The van der Waals surface area contributed by atoms with Crippen molar-refractivity contribution in [1.29, 1.82) is 0 Å². The summed E-state index contributed by atoms with van der Waals surface area (Å²) in [4.78, 5) is 22.1. The van der Waals surface area contributed by atoms with Crippen LogP contribution in [0.15, 0.2) is 18.2 Å². The summed E-state index contributed by atoms with van der Waals surface area (Å²) in [5.41, 5.74) is 1.92. The Labute approximate surface area is 91.4 Å². The van der Waals surface area contributed by atoms with Crippen LogP contribution in [0.5, 0.6) is 0 Å². The third kappa shape index (κ3) is 2.29. The van der Waals surface area contributed by atoms with Crippen molar-refractivity contribution in [3.05, 3.63) is 34.9 Å². The topological polar surface area (TPSA) is 34.1 Å². The fourth-order valence-electron chi connectivity index (χ4n) is 1.20. The lowest BCUT2D eigenvalue weighted by atomic mass is 10.0.